The lowest BCUT2D eigenvalue weighted by Gasteiger charge is -2.34. The highest BCUT2D eigenvalue weighted by Crippen LogP contribution is 2.14. The molecule has 0 radical (unpaired) electrons. The Morgan fingerprint density at radius 1 is 1.07 bits per heavy atom. The summed E-state index contributed by atoms with van der Waals surface area (Å²) in [6, 6.07) is 8.58. The van der Waals surface area contributed by atoms with Gasteiger partial charge >= 0.3 is 0 Å². The minimum Gasteiger partial charge on any atom is -0.339 e. The monoisotopic (exact) mass is 396 g/mol. The van der Waals surface area contributed by atoms with Crippen molar-refractivity contribution in [3.05, 3.63) is 48.3 Å². The molecule has 0 spiro atoms. The van der Waals surface area contributed by atoms with E-state index in [1.54, 1.807) is 30.6 Å². The standard InChI is InChI=1S/C21H28N6O2/c1-15(2)19(22)20(29)25-17-6-4-16(5-7-17)14-18(28)26-10-12-27(13-11-26)21-23-8-3-9-24-21/h3-9,15,19H,10-14,22H2,1-2H3,(H,25,29)/t19-/m0/s1. The zero-order valence-corrected chi connectivity index (χ0v) is 16.9. The molecule has 2 amide bonds. The smallest absolute Gasteiger partial charge is 0.241 e. The Morgan fingerprint density at radius 2 is 1.69 bits per heavy atom. The molecule has 154 valence electrons. The summed E-state index contributed by atoms with van der Waals surface area (Å²) in [6.45, 7) is 6.56. The normalized spacial score (nSPS) is 15.3. The highest BCUT2D eigenvalue weighted by atomic mass is 16.2. The van der Waals surface area contributed by atoms with E-state index in [1.165, 1.54) is 0 Å². The average Bonchev–Trinajstić information content (AvgIpc) is 2.75. The molecule has 1 aromatic heterocycles. The zero-order chi connectivity index (χ0) is 20.8. The molecule has 1 saturated heterocycles. The molecular weight excluding hydrogens is 368 g/mol. The van der Waals surface area contributed by atoms with E-state index in [0.717, 1.165) is 18.7 Å². The van der Waals surface area contributed by atoms with Gasteiger partial charge in [0.2, 0.25) is 17.8 Å². The van der Waals surface area contributed by atoms with Crippen LogP contribution in [0.15, 0.2) is 42.7 Å². The SMILES string of the molecule is CC(C)[C@H](N)C(=O)Nc1ccc(CC(=O)N2CCN(c3ncccn3)CC2)cc1. The summed E-state index contributed by atoms with van der Waals surface area (Å²) < 4.78 is 0. The molecular formula is C21H28N6O2. The number of anilines is 2. The van der Waals surface area contributed by atoms with Gasteiger partial charge in [-0.25, -0.2) is 9.97 Å². The minimum absolute atomic E-state index is 0.0702. The molecule has 1 aliphatic heterocycles. The fraction of sp³-hybridized carbons (Fsp3) is 0.429. The van der Waals surface area contributed by atoms with E-state index in [0.29, 0.717) is 31.1 Å². The van der Waals surface area contributed by atoms with Crippen LogP contribution in [0.2, 0.25) is 0 Å². The first-order valence-electron chi connectivity index (χ1n) is 9.89. The lowest BCUT2D eigenvalue weighted by atomic mass is 10.0. The number of benzene rings is 1. The molecule has 8 nitrogen and oxygen atoms in total. The molecule has 0 aliphatic carbocycles. The van der Waals surface area contributed by atoms with Crippen molar-refractivity contribution in [3.8, 4) is 0 Å². The molecule has 0 saturated carbocycles. The fourth-order valence-electron chi connectivity index (χ4n) is 3.13. The third-order valence-electron chi connectivity index (χ3n) is 5.07. The lowest BCUT2D eigenvalue weighted by Crippen LogP contribution is -2.49. The van der Waals surface area contributed by atoms with Crippen LogP contribution in [0.4, 0.5) is 11.6 Å². The molecule has 1 fully saturated rings. The van der Waals surface area contributed by atoms with E-state index in [4.69, 9.17) is 5.73 Å². The van der Waals surface area contributed by atoms with Crippen LogP contribution in [-0.4, -0.2) is 58.9 Å². The van der Waals surface area contributed by atoms with Crippen LogP contribution >= 0.6 is 0 Å². The first-order valence-corrected chi connectivity index (χ1v) is 9.89. The van der Waals surface area contributed by atoms with Gasteiger partial charge in [-0.2, -0.15) is 0 Å². The topological polar surface area (TPSA) is 104 Å². The van der Waals surface area contributed by atoms with Crippen molar-refractivity contribution in [2.24, 2.45) is 11.7 Å². The van der Waals surface area contributed by atoms with Crippen LogP contribution in [0.3, 0.4) is 0 Å². The average molecular weight is 396 g/mol. The van der Waals surface area contributed by atoms with Crippen molar-refractivity contribution < 1.29 is 9.59 Å². The summed E-state index contributed by atoms with van der Waals surface area (Å²) in [5, 5.41) is 2.81. The first-order chi connectivity index (χ1) is 13.9. The number of nitrogens with two attached hydrogens (primary N) is 1. The van der Waals surface area contributed by atoms with Gasteiger partial charge in [-0.1, -0.05) is 26.0 Å². The van der Waals surface area contributed by atoms with Crippen LogP contribution in [-0.2, 0) is 16.0 Å². The molecule has 0 unspecified atom stereocenters. The van der Waals surface area contributed by atoms with E-state index in [2.05, 4.69) is 20.2 Å². The molecule has 2 aromatic rings. The Bertz CT molecular complexity index is 817. The number of hydrogen-bond acceptors (Lipinski definition) is 6. The number of amides is 2. The van der Waals surface area contributed by atoms with Gasteiger partial charge in [-0.3, -0.25) is 9.59 Å². The predicted molar refractivity (Wildman–Crippen MR) is 112 cm³/mol. The van der Waals surface area contributed by atoms with E-state index >= 15 is 0 Å². The number of rotatable bonds is 6. The Hall–Kier alpha value is -3.00. The third-order valence-corrected chi connectivity index (χ3v) is 5.07. The molecule has 2 heterocycles. The maximum absolute atomic E-state index is 12.6. The third kappa shape index (κ3) is 5.51. The van der Waals surface area contributed by atoms with Gasteiger partial charge in [0.15, 0.2) is 0 Å². The maximum Gasteiger partial charge on any atom is 0.241 e. The fourth-order valence-corrected chi connectivity index (χ4v) is 3.13. The molecule has 1 atom stereocenters. The molecule has 1 aliphatic rings. The molecule has 3 N–H and O–H groups in total. The van der Waals surface area contributed by atoms with Gasteiger partial charge in [0.1, 0.15) is 0 Å². The number of nitrogens with zero attached hydrogens (tertiary/aromatic N) is 4. The number of aromatic nitrogens is 2. The molecule has 0 bridgehead atoms. The van der Waals surface area contributed by atoms with Crippen LogP contribution < -0.4 is 16.0 Å². The highest BCUT2D eigenvalue weighted by molar-refractivity contribution is 5.94. The second-order valence-electron chi connectivity index (χ2n) is 7.55. The number of carbonyl (C=O) groups excluding carboxylic acids is 2. The van der Waals surface area contributed by atoms with E-state index in [-0.39, 0.29) is 17.7 Å². The van der Waals surface area contributed by atoms with Crippen LogP contribution in [0, 0.1) is 5.92 Å². The van der Waals surface area contributed by atoms with Crippen molar-refractivity contribution >= 4 is 23.5 Å². The largest absolute Gasteiger partial charge is 0.339 e. The number of nitrogens with one attached hydrogen (secondary N) is 1. The number of hydrogen-bond donors (Lipinski definition) is 2. The van der Waals surface area contributed by atoms with Gasteiger partial charge in [0.25, 0.3) is 0 Å². The van der Waals surface area contributed by atoms with Crippen molar-refractivity contribution in [1.82, 2.24) is 14.9 Å². The zero-order valence-electron chi connectivity index (χ0n) is 16.9. The number of carbonyl (C=O) groups is 2. The maximum atomic E-state index is 12.6. The van der Waals surface area contributed by atoms with E-state index < -0.39 is 6.04 Å². The Labute approximate surface area is 171 Å². The Morgan fingerprint density at radius 3 is 2.28 bits per heavy atom. The lowest BCUT2D eigenvalue weighted by molar-refractivity contribution is -0.130. The van der Waals surface area contributed by atoms with Crippen molar-refractivity contribution in [1.29, 1.82) is 0 Å². The molecule has 8 heteroatoms. The minimum atomic E-state index is -0.545. The van der Waals surface area contributed by atoms with Crippen LogP contribution in [0.25, 0.3) is 0 Å². The van der Waals surface area contributed by atoms with Crippen LogP contribution in [0.5, 0.6) is 0 Å². The van der Waals surface area contributed by atoms with Gasteiger partial charge in [-0.15, -0.1) is 0 Å². The number of piperazine rings is 1. The molecule has 3 rings (SSSR count). The van der Waals surface area contributed by atoms with Gasteiger partial charge < -0.3 is 20.9 Å². The summed E-state index contributed by atoms with van der Waals surface area (Å²) in [7, 11) is 0. The van der Waals surface area contributed by atoms with Gasteiger partial charge in [0.05, 0.1) is 12.5 Å². The second kappa shape index (κ2) is 9.47. The first kappa shape index (κ1) is 20.7. The highest BCUT2D eigenvalue weighted by Gasteiger charge is 2.22. The van der Waals surface area contributed by atoms with E-state index in [1.807, 2.05) is 30.9 Å². The summed E-state index contributed by atoms with van der Waals surface area (Å²) in [6.07, 6.45) is 3.78. The second-order valence-corrected chi connectivity index (χ2v) is 7.55. The Kier molecular flexibility index (Phi) is 6.77. The van der Waals surface area contributed by atoms with E-state index in [9.17, 15) is 9.59 Å². The summed E-state index contributed by atoms with van der Waals surface area (Å²) in [5.74, 6) is 0.663. The van der Waals surface area contributed by atoms with Crippen LogP contribution in [0.1, 0.15) is 19.4 Å². The molecule has 29 heavy (non-hydrogen) atoms. The summed E-state index contributed by atoms with van der Waals surface area (Å²) in [5.41, 5.74) is 7.45. The van der Waals surface area contributed by atoms with Gasteiger partial charge in [-0.05, 0) is 29.7 Å². The Balaban J connectivity index is 1.49. The summed E-state index contributed by atoms with van der Waals surface area (Å²) >= 11 is 0. The van der Waals surface area contributed by atoms with Crippen molar-refractivity contribution in [2.45, 2.75) is 26.3 Å². The summed E-state index contributed by atoms with van der Waals surface area (Å²) in [4.78, 5) is 37.2. The van der Waals surface area contributed by atoms with Gasteiger partial charge in [0, 0.05) is 44.3 Å². The predicted octanol–water partition coefficient (Wildman–Crippen LogP) is 1.29. The molecule has 1 aromatic carbocycles. The van der Waals surface area contributed by atoms with Crippen molar-refractivity contribution in [3.63, 3.8) is 0 Å². The quantitative estimate of drug-likeness (QED) is 0.762. The van der Waals surface area contributed by atoms with Crippen molar-refractivity contribution in [2.75, 3.05) is 36.4 Å².